The molecule has 28 heavy (non-hydrogen) atoms. The van der Waals surface area contributed by atoms with Gasteiger partial charge in [-0.05, 0) is 44.7 Å². The number of benzene rings is 1. The number of hydrogen-bond donors (Lipinski definition) is 2. The molecule has 0 aromatic heterocycles. The molecule has 1 aromatic rings. The van der Waals surface area contributed by atoms with Crippen LogP contribution in [0.4, 0.5) is 10.5 Å². The molecule has 3 amide bonds. The summed E-state index contributed by atoms with van der Waals surface area (Å²) in [4.78, 5) is 40.5. The molecule has 1 heterocycles. The summed E-state index contributed by atoms with van der Waals surface area (Å²) in [5.41, 5.74) is 0.891. The SMILES string of the molecule is CCCN(C(=O)c1ccccc1NC(=O)N1CC(C)CC(C(=O)O)C1)C(C)C. The zero-order chi connectivity index (χ0) is 20.8. The smallest absolute Gasteiger partial charge is 0.321 e. The van der Waals surface area contributed by atoms with Crippen molar-refractivity contribution in [3.05, 3.63) is 29.8 Å². The van der Waals surface area contributed by atoms with Gasteiger partial charge in [-0.15, -0.1) is 0 Å². The van der Waals surface area contributed by atoms with Crippen LogP contribution >= 0.6 is 0 Å². The molecular weight excluding hydrogens is 358 g/mol. The minimum absolute atomic E-state index is 0.0514. The summed E-state index contributed by atoms with van der Waals surface area (Å²) >= 11 is 0. The Morgan fingerprint density at radius 1 is 1.25 bits per heavy atom. The number of likely N-dealkylation sites (tertiary alicyclic amines) is 1. The molecule has 1 aliphatic rings. The van der Waals surface area contributed by atoms with E-state index in [-0.39, 0.29) is 30.4 Å². The number of carboxylic acid groups (broad SMARTS) is 1. The van der Waals surface area contributed by atoms with E-state index in [4.69, 9.17) is 0 Å². The Kier molecular flexibility index (Phi) is 7.43. The van der Waals surface area contributed by atoms with Crippen LogP contribution in [0.5, 0.6) is 0 Å². The highest BCUT2D eigenvalue weighted by Gasteiger charge is 2.32. The van der Waals surface area contributed by atoms with Crippen LogP contribution in [0.1, 0.15) is 50.9 Å². The summed E-state index contributed by atoms with van der Waals surface area (Å²) in [6, 6.07) is 6.64. The quantitative estimate of drug-likeness (QED) is 0.779. The molecule has 1 aromatic carbocycles. The van der Waals surface area contributed by atoms with Crippen molar-refractivity contribution in [3.63, 3.8) is 0 Å². The number of aliphatic carboxylic acids is 1. The van der Waals surface area contributed by atoms with Gasteiger partial charge in [-0.25, -0.2) is 4.79 Å². The normalized spacial score (nSPS) is 19.4. The molecule has 2 atom stereocenters. The average molecular weight is 389 g/mol. The summed E-state index contributed by atoms with van der Waals surface area (Å²) in [7, 11) is 0. The van der Waals surface area contributed by atoms with Crippen LogP contribution in [0.25, 0.3) is 0 Å². The summed E-state index contributed by atoms with van der Waals surface area (Å²) in [5, 5.41) is 12.1. The minimum Gasteiger partial charge on any atom is -0.481 e. The monoisotopic (exact) mass is 389 g/mol. The predicted molar refractivity (Wildman–Crippen MR) is 108 cm³/mol. The molecule has 2 rings (SSSR count). The molecule has 0 bridgehead atoms. The number of amides is 3. The second kappa shape index (κ2) is 9.57. The fraction of sp³-hybridized carbons (Fsp3) is 0.571. The lowest BCUT2D eigenvalue weighted by Crippen LogP contribution is -2.47. The predicted octanol–water partition coefficient (Wildman–Crippen LogP) is 3.52. The fourth-order valence-electron chi connectivity index (χ4n) is 3.66. The third kappa shape index (κ3) is 5.24. The van der Waals surface area contributed by atoms with Gasteiger partial charge in [-0.1, -0.05) is 26.0 Å². The molecule has 0 radical (unpaired) electrons. The number of carbonyl (C=O) groups is 3. The fourth-order valence-corrected chi connectivity index (χ4v) is 3.66. The first-order chi connectivity index (χ1) is 13.2. The van der Waals surface area contributed by atoms with E-state index in [1.807, 2.05) is 27.7 Å². The minimum atomic E-state index is -0.882. The third-order valence-corrected chi connectivity index (χ3v) is 5.04. The van der Waals surface area contributed by atoms with Crippen LogP contribution in [-0.4, -0.2) is 58.5 Å². The molecular formula is C21H31N3O4. The van der Waals surface area contributed by atoms with Crippen molar-refractivity contribution in [2.45, 2.75) is 46.6 Å². The number of rotatable bonds is 6. The molecule has 7 heteroatoms. The van der Waals surface area contributed by atoms with E-state index < -0.39 is 11.9 Å². The van der Waals surface area contributed by atoms with Crippen LogP contribution in [0.3, 0.4) is 0 Å². The number of urea groups is 1. The molecule has 154 valence electrons. The van der Waals surface area contributed by atoms with Gasteiger partial charge in [0.05, 0.1) is 17.2 Å². The highest BCUT2D eigenvalue weighted by atomic mass is 16.4. The van der Waals surface area contributed by atoms with Gasteiger partial charge in [0.15, 0.2) is 0 Å². The van der Waals surface area contributed by atoms with E-state index >= 15 is 0 Å². The summed E-state index contributed by atoms with van der Waals surface area (Å²) in [5.74, 6) is -1.46. The summed E-state index contributed by atoms with van der Waals surface area (Å²) in [6.45, 7) is 9.22. The van der Waals surface area contributed by atoms with Gasteiger partial charge >= 0.3 is 12.0 Å². The van der Waals surface area contributed by atoms with Crippen LogP contribution in [0.15, 0.2) is 24.3 Å². The van der Waals surface area contributed by atoms with E-state index in [9.17, 15) is 19.5 Å². The molecule has 1 saturated heterocycles. The molecule has 1 fully saturated rings. The highest BCUT2D eigenvalue weighted by molar-refractivity contribution is 6.03. The van der Waals surface area contributed by atoms with Crippen LogP contribution in [-0.2, 0) is 4.79 Å². The first kappa shape index (κ1) is 21.7. The molecule has 2 unspecified atom stereocenters. The number of nitrogens with zero attached hydrogens (tertiary/aromatic N) is 2. The second-order valence-electron chi connectivity index (χ2n) is 7.85. The van der Waals surface area contributed by atoms with Crippen molar-refractivity contribution in [2.24, 2.45) is 11.8 Å². The Hall–Kier alpha value is -2.57. The van der Waals surface area contributed by atoms with Gasteiger partial charge < -0.3 is 20.2 Å². The number of anilines is 1. The standard InChI is InChI=1S/C21H31N3O4/c1-5-10-24(14(2)3)19(25)17-8-6-7-9-18(17)22-21(28)23-12-15(4)11-16(13-23)20(26)27/h6-9,14-16H,5,10-13H2,1-4H3,(H,22,28)(H,26,27). The van der Waals surface area contributed by atoms with Gasteiger partial charge in [0.25, 0.3) is 5.91 Å². The van der Waals surface area contributed by atoms with E-state index in [1.165, 1.54) is 4.90 Å². The van der Waals surface area contributed by atoms with Crippen LogP contribution in [0, 0.1) is 11.8 Å². The summed E-state index contributed by atoms with van der Waals surface area (Å²) < 4.78 is 0. The summed E-state index contributed by atoms with van der Waals surface area (Å²) in [6.07, 6.45) is 1.41. The number of piperidine rings is 1. The van der Waals surface area contributed by atoms with Gasteiger partial charge in [0.1, 0.15) is 0 Å². The van der Waals surface area contributed by atoms with Crippen molar-refractivity contribution < 1.29 is 19.5 Å². The maximum atomic E-state index is 13.0. The topological polar surface area (TPSA) is 90.0 Å². The zero-order valence-electron chi connectivity index (χ0n) is 17.1. The Morgan fingerprint density at radius 3 is 2.54 bits per heavy atom. The van der Waals surface area contributed by atoms with E-state index in [0.29, 0.717) is 30.8 Å². The van der Waals surface area contributed by atoms with E-state index in [1.54, 1.807) is 29.2 Å². The number of carbonyl (C=O) groups excluding carboxylic acids is 2. The second-order valence-corrected chi connectivity index (χ2v) is 7.85. The number of para-hydroxylation sites is 1. The lowest BCUT2D eigenvalue weighted by atomic mass is 9.91. The molecule has 2 N–H and O–H groups in total. The van der Waals surface area contributed by atoms with Crippen LogP contribution < -0.4 is 5.32 Å². The molecule has 0 aliphatic carbocycles. The third-order valence-electron chi connectivity index (χ3n) is 5.04. The zero-order valence-corrected chi connectivity index (χ0v) is 17.1. The van der Waals surface area contributed by atoms with Crippen molar-refractivity contribution in [3.8, 4) is 0 Å². The number of nitrogens with one attached hydrogen (secondary N) is 1. The number of carboxylic acids is 1. The average Bonchev–Trinajstić information content (AvgIpc) is 2.65. The maximum absolute atomic E-state index is 13.0. The van der Waals surface area contributed by atoms with Crippen molar-refractivity contribution >= 4 is 23.6 Å². The van der Waals surface area contributed by atoms with Crippen LogP contribution in [0.2, 0.25) is 0 Å². The van der Waals surface area contributed by atoms with Gasteiger partial charge in [0, 0.05) is 25.7 Å². The van der Waals surface area contributed by atoms with E-state index in [0.717, 1.165) is 6.42 Å². The van der Waals surface area contributed by atoms with Crippen molar-refractivity contribution in [2.75, 3.05) is 25.0 Å². The maximum Gasteiger partial charge on any atom is 0.321 e. The van der Waals surface area contributed by atoms with Crippen molar-refractivity contribution in [1.82, 2.24) is 9.80 Å². The molecule has 0 spiro atoms. The highest BCUT2D eigenvalue weighted by Crippen LogP contribution is 2.24. The first-order valence-corrected chi connectivity index (χ1v) is 9.93. The number of hydrogen-bond acceptors (Lipinski definition) is 3. The molecule has 0 saturated carbocycles. The Morgan fingerprint density at radius 2 is 1.93 bits per heavy atom. The lowest BCUT2D eigenvalue weighted by Gasteiger charge is -2.34. The largest absolute Gasteiger partial charge is 0.481 e. The van der Waals surface area contributed by atoms with Gasteiger partial charge in [0.2, 0.25) is 0 Å². The Labute approximate surface area is 166 Å². The lowest BCUT2D eigenvalue weighted by molar-refractivity contribution is -0.143. The Balaban J connectivity index is 2.19. The Bertz CT molecular complexity index is 719. The van der Waals surface area contributed by atoms with Crippen molar-refractivity contribution in [1.29, 1.82) is 0 Å². The first-order valence-electron chi connectivity index (χ1n) is 9.93. The van der Waals surface area contributed by atoms with Gasteiger partial charge in [-0.2, -0.15) is 0 Å². The van der Waals surface area contributed by atoms with E-state index in [2.05, 4.69) is 5.32 Å². The molecule has 1 aliphatic heterocycles. The van der Waals surface area contributed by atoms with Gasteiger partial charge in [-0.3, -0.25) is 9.59 Å². The molecule has 7 nitrogen and oxygen atoms in total.